The van der Waals surface area contributed by atoms with Crippen molar-refractivity contribution < 1.29 is 14.3 Å². The van der Waals surface area contributed by atoms with E-state index in [1.54, 1.807) is 18.2 Å². The van der Waals surface area contributed by atoms with E-state index in [-0.39, 0.29) is 16.3 Å². The Morgan fingerprint density at radius 1 is 1.41 bits per heavy atom. The SMILES string of the molecule is COC(=O)[C@H](c1ccc(Cl)cc1)N1CC[C@@H]2SC(=O)C=C2C1. The van der Waals surface area contributed by atoms with Crippen LogP contribution in [-0.4, -0.2) is 41.4 Å². The standard InChI is InChI=1S/C16H16ClNO3S/c1-21-16(20)15(10-2-4-12(17)5-3-10)18-7-6-13-11(9-18)8-14(19)22-13/h2-5,8,13,15H,6-7,9H2,1H3/t13-,15-/m0/s1. The van der Waals surface area contributed by atoms with Crippen molar-refractivity contribution in [1.29, 1.82) is 0 Å². The molecule has 0 aromatic heterocycles. The second-order valence-corrected chi connectivity index (χ2v) is 7.02. The first-order valence-electron chi connectivity index (χ1n) is 7.07. The average Bonchev–Trinajstić information content (AvgIpc) is 2.88. The fourth-order valence-corrected chi connectivity index (χ4v) is 4.10. The molecular weight excluding hydrogens is 322 g/mol. The van der Waals surface area contributed by atoms with Gasteiger partial charge in [0.1, 0.15) is 6.04 Å². The van der Waals surface area contributed by atoms with Gasteiger partial charge in [0, 0.05) is 23.4 Å². The molecule has 1 fully saturated rings. The number of benzene rings is 1. The van der Waals surface area contributed by atoms with Crippen LogP contribution in [0.5, 0.6) is 0 Å². The molecule has 3 rings (SSSR count). The smallest absolute Gasteiger partial charge is 0.327 e. The zero-order valence-corrected chi connectivity index (χ0v) is 13.7. The Labute approximate surface area is 138 Å². The van der Waals surface area contributed by atoms with Crippen molar-refractivity contribution >= 4 is 34.4 Å². The van der Waals surface area contributed by atoms with Crippen molar-refractivity contribution in [2.45, 2.75) is 17.7 Å². The lowest BCUT2D eigenvalue weighted by atomic mass is 9.98. The molecule has 1 aromatic carbocycles. The molecule has 1 aromatic rings. The number of carbonyl (C=O) groups excluding carboxylic acids is 2. The van der Waals surface area contributed by atoms with Gasteiger partial charge in [-0.15, -0.1) is 0 Å². The second kappa shape index (κ2) is 6.44. The van der Waals surface area contributed by atoms with Crippen LogP contribution in [0.15, 0.2) is 35.9 Å². The van der Waals surface area contributed by atoms with Gasteiger partial charge < -0.3 is 4.74 Å². The highest BCUT2D eigenvalue weighted by Gasteiger charge is 2.37. The largest absolute Gasteiger partial charge is 0.468 e. The molecule has 0 unspecified atom stereocenters. The molecule has 6 heteroatoms. The molecular formula is C16H16ClNO3S. The minimum absolute atomic E-state index is 0.114. The number of ether oxygens (including phenoxy) is 1. The van der Waals surface area contributed by atoms with Crippen LogP contribution in [-0.2, 0) is 14.3 Å². The van der Waals surface area contributed by atoms with Crippen LogP contribution in [0.4, 0.5) is 0 Å². The molecule has 0 radical (unpaired) electrons. The third-order valence-corrected chi connectivity index (χ3v) is 5.44. The van der Waals surface area contributed by atoms with E-state index in [1.807, 2.05) is 12.1 Å². The third kappa shape index (κ3) is 3.07. The van der Waals surface area contributed by atoms with E-state index in [4.69, 9.17) is 16.3 Å². The Hall–Kier alpha value is -1.30. The maximum absolute atomic E-state index is 12.3. The van der Waals surface area contributed by atoms with Crippen LogP contribution < -0.4 is 0 Å². The van der Waals surface area contributed by atoms with Gasteiger partial charge in [-0.05, 0) is 35.8 Å². The zero-order valence-electron chi connectivity index (χ0n) is 12.1. The number of carbonyl (C=O) groups is 2. The minimum Gasteiger partial charge on any atom is -0.468 e. The Bertz CT molecular complexity index is 629. The number of halogens is 1. The molecule has 2 heterocycles. The van der Waals surface area contributed by atoms with Gasteiger partial charge in [0.2, 0.25) is 5.12 Å². The van der Waals surface area contributed by atoms with Gasteiger partial charge in [0.25, 0.3) is 0 Å². The fourth-order valence-electron chi connectivity index (χ4n) is 2.96. The predicted molar refractivity (Wildman–Crippen MR) is 86.9 cm³/mol. The number of likely N-dealkylation sites (tertiary alicyclic amines) is 1. The van der Waals surface area contributed by atoms with E-state index in [0.29, 0.717) is 11.6 Å². The third-order valence-electron chi connectivity index (χ3n) is 4.01. The van der Waals surface area contributed by atoms with Gasteiger partial charge in [-0.25, -0.2) is 4.79 Å². The maximum Gasteiger partial charge on any atom is 0.327 e. The number of hydrogen-bond donors (Lipinski definition) is 0. The lowest BCUT2D eigenvalue weighted by molar-refractivity contribution is -0.147. The highest BCUT2D eigenvalue weighted by atomic mass is 35.5. The van der Waals surface area contributed by atoms with Gasteiger partial charge in [-0.2, -0.15) is 0 Å². The molecule has 0 N–H and O–H groups in total. The highest BCUT2D eigenvalue weighted by Crippen LogP contribution is 2.37. The van der Waals surface area contributed by atoms with Crippen molar-refractivity contribution in [1.82, 2.24) is 4.90 Å². The lowest BCUT2D eigenvalue weighted by Gasteiger charge is -2.36. The summed E-state index contributed by atoms with van der Waals surface area (Å²) in [6.45, 7) is 1.37. The van der Waals surface area contributed by atoms with Gasteiger partial charge in [-0.3, -0.25) is 9.69 Å². The van der Waals surface area contributed by atoms with E-state index < -0.39 is 6.04 Å². The van der Waals surface area contributed by atoms with Crippen LogP contribution in [0.2, 0.25) is 5.02 Å². The summed E-state index contributed by atoms with van der Waals surface area (Å²) in [5.74, 6) is -0.293. The van der Waals surface area contributed by atoms with Crippen molar-refractivity contribution in [3.63, 3.8) is 0 Å². The monoisotopic (exact) mass is 337 g/mol. The second-order valence-electron chi connectivity index (χ2n) is 5.38. The summed E-state index contributed by atoms with van der Waals surface area (Å²) >= 11 is 7.31. The highest BCUT2D eigenvalue weighted by molar-refractivity contribution is 8.15. The van der Waals surface area contributed by atoms with E-state index in [9.17, 15) is 9.59 Å². The molecule has 1 saturated heterocycles. The normalized spacial score (nSPS) is 22.9. The predicted octanol–water partition coefficient (Wildman–Crippen LogP) is 2.83. The van der Waals surface area contributed by atoms with Gasteiger partial charge >= 0.3 is 5.97 Å². The van der Waals surface area contributed by atoms with E-state index in [2.05, 4.69) is 4.90 Å². The number of nitrogens with zero attached hydrogens (tertiary/aromatic N) is 1. The van der Waals surface area contributed by atoms with E-state index in [0.717, 1.165) is 24.1 Å². The average molecular weight is 338 g/mol. The zero-order chi connectivity index (χ0) is 15.7. The first-order valence-corrected chi connectivity index (χ1v) is 8.32. The Morgan fingerprint density at radius 2 is 2.14 bits per heavy atom. The first kappa shape index (κ1) is 15.6. The van der Waals surface area contributed by atoms with Crippen LogP contribution >= 0.6 is 23.4 Å². The molecule has 4 nitrogen and oxygen atoms in total. The Kier molecular flexibility index (Phi) is 4.57. The van der Waals surface area contributed by atoms with Gasteiger partial charge in [0.05, 0.1) is 7.11 Å². The summed E-state index contributed by atoms with van der Waals surface area (Å²) in [7, 11) is 1.40. The van der Waals surface area contributed by atoms with Gasteiger partial charge in [-0.1, -0.05) is 35.5 Å². The summed E-state index contributed by atoms with van der Waals surface area (Å²) in [4.78, 5) is 25.9. The summed E-state index contributed by atoms with van der Waals surface area (Å²) in [6.07, 6.45) is 2.57. The quantitative estimate of drug-likeness (QED) is 0.794. The Morgan fingerprint density at radius 3 is 2.82 bits per heavy atom. The number of esters is 1. The molecule has 0 spiro atoms. The lowest BCUT2D eigenvalue weighted by Crippen LogP contribution is -2.42. The molecule has 0 bridgehead atoms. The summed E-state index contributed by atoms with van der Waals surface area (Å²) in [5, 5.41) is 1.02. The number of thioether (sulfide) groups is 1. The molecule has 0 aliphatic carbocycles. The summed E-state index contributed by atoms with van der Waals surface area (Å²) < 4.78 is 4.98. The molecule has 116 valence electrons. The molecule has 0 saturated carbocycles. The topological polar surface area (TPSA) is 46.6 Å². The van der Waals surface area contributed by atoms with E-state index in [1.165, 1.54) is 18.9 Å². The molecule has 2 aliphatic rings. The molecule has 0 amide bonds. The van der Waals surface area contributed by atoms with Crippen molar-refractivity contribution in [2.75, 3.05) is 20.2 Å². The summed E-state index contributed by atoms with van der Waals surface area (Å²) in [5.41, 5.74) is 1.95. The summed E-state index contributed by atoms with van der Waals surface area (Å²) in [6, 6.07) is 6.77. The van der Waals surface area contributed by atoms with E-state index >= 15 is 0 Å². The molecule has 22 heavy (non-hydrogen) atoms. The maximum atomic E-state index is 12.3. The minimum atomic E-state index is -0.468. The number of methoxy groups -OCH3 is 1. The van der Waals surface area contributed by atoms with Crippen LogP contribution in [0.25, 0.3) is 0 Å². The number of fused-ring (bicyclic) bond motifs is 1. The van der Waals surface area contributed by atoms with Crippen LogP contribution in [0.3, 0.4) is 0 Å². The number of piperidine rings is 1. The van der Waals surface area contributed by atoms with Crippen molar-refractivity contribution in [3.05, 3.63) is 46.5 Å². The van der Waals surface area contributed by atoms with Crippen molar-refractivity contribution in [2.24, 2.45) is 0 Å². The van der Waals surface area contributed by atoms with Crippen LogP contribution in [0.1, 0.15) is 18.0 Å². The van der Waals surface area contributed by atoms with Crippen molar-refractivity contribution in [3.8, 4) is 0 Å². The fraction of sp³-hybridized carbons (Fsp3) is 0.375. The first-order chi connectivity index (χ1) is 10.6. The van der Waals surface area contributed by atoms with Crippen LogP contribution in [0, 0.1) is 0 Å². The Balaban J connectivity index is 1.87. The number of rotatable bonds is 3. The van der Waals surface area contributed by atoms with Gasteiger partial charge in [0.15, 0.2) is 0 Å². The molecule has 2 aliphatic heterocycles. The number of hydrogen-bond acceptors (Lipinski definition) is 5. The molecule has 2 atom stereocenters.